The van der Waals surface area contributed by atoms with Crippen molar-refractivity contribution >= 4 is 11.5 Å². The van der Waals surface area contributed by atoms with Crippen molar-refractivity contribution in [2.24, 2.45) is 12.2 Å². The summed E-state index contributed by atoms with van der Waals surface area (Å²) in [6, 6.07) is 9.35. The van der Waals surface area contributed by atoms with Crippen LogP contribution in [0.4, 0.5) is 11.5 Å². The maximum atomic E-state index is 10.7. The molecule has 76 valence electrons. The minimum atomic E-state index is 0.198. The molecule has 0 unspecified atom stereocenters. The number of rotatable bonds is 2. The van der Waals surface area contributed by atoms with Gasteiger partial charge < -0.3 is 5.73 Å². The normalized spacial score (nSPS) is 10.2. The van der Waals surface area contributed by atoms with Gasteiger partial charge in [0.15, 0.2) is 11.5 Å². The molecule has 1 heterocycles. The number of aromatic nitrogens is 2. The molecule has 0 fully saturated rings. The van der Waals surface area contributed by atoms with E-state index in [9.17, 15) is 4.91 Å². The lowest BCUT2D eigenvalue weighted by atomic mass is 10.1. The second kappa shape index (κ2) is 3.53. The van der Waals surface area contributed by atoms with E-state index in [1.807, 2.05) is 30.3 Å². The average molecular weight is 202 g/mol. The predicted molar refractivity (Wildman–Crippen MR) is 58.5 cm³/mol. The fourth-order valence-electron chi connectivity index (χ4n) is 1.41. The van der Waals surface area contributed by atoms with Gasteiger partial charge in [-0.2, -0.15) is 5.10 Å². The first-order chi connectivity index (χ1) is 7.24. The number of nitrogens with zero attached hydrogens (tertiary/aromatic N) is 3. The fourth-order valence-corrected chi connectivity index (χ4v) is 1.41. The van der Waals surface area contributed by atoms with Crippen LogP contribution in [0.5, 0.6) is 0 Å². The minimum Gasteiger partial charge on any atom is -0.382 e. The molecular formula is C10H10N4O. The van der Waals surface area contributed by atoms with Crippen LogP contribution in [-0.2, 0) is 7.05 Å². The third-order valence-corrected chi connectivity index (χ3v) is 2.20. The highest BCUT2D eigenvalue weighted by atomic mass is 16.3. The van der Waals surface area contributed by atoms with E-state index in [0.717, 1.165) is 5.56 Å². The van der Waals surface area contributed by atoms with E-state index < -0.39 is 0 Å². The molecule has 0 saturated carbocycles. The highest BCUT2D eigenvalue weighted by Crippen LogP contribution is 2.33. The molecule has 0 radical (unpaired) electrons. The number of nitrogen functional groups attached to an aromatic ring is 1. The smallest absolute Gasteiger partial charge is 0.177 e. The Kier molecular flexibility index (Phi) is 2.21. The molecule has 0 aliphatic carbocycles. The summed E-state index contributed by atoms with van der Waals surface area (Å²) < 4.78 is 1.44. The Morgan fingerprint density at radius 3 is 2.60 bits per heavy atom. The zero-order chi connectivity index (χ0) is 10.8. The molecule has 2 N–H and O–H groups in total. The summed E-state index contributed by atoms with van der Waals surface area (Å²) in [5, 5.41) is 7.06. The molecule has 0 aliphatic heterocycles. The first-order valence-electron chi connectivity index (χ1n) is 4.45. The zero-order valence-corrected chi connectivity index (χ0v) is 8.21. The van der Waals surface area contributed by atoms with Gasteiger partial charge in [0.1, 0.15) is 5.69 Å². The van der Waals surface area contributed by atoms with Crippen LogP contribution in [-0.4, -0.2) is 9.78 Å². The van der Waals surface area contributed by atoms with Gasteiger partial charge in [-0.05, 0) is 5.18 Å². The number of hydrogen-bond acceptors (Lipinski definition) is 4. The summed E-state index contributed by atoms with van der Waals surface area (Å²) in [4.78, 5) is 10.7. The van der Waals surface area contributed by atoms with Crippen LogP contribution < -0.4 is 5.73 Å². The average Bonchev–Trinajstić information content (AvgIpc) is 2.56. The summed E-state index contributed by atoms with van der Waals surface area (Å²) >= 11 is 0. The molecule has 0 spiro atoms. The van der Waals surface area contributed by atoms with Crippen molar-refractivity contribution in [1.82, 2.24) is 9.78 Å². The van der Waals surface area contributed by atoms with Crippen LogP contribution in [0.25, 0.3) is 11.3 Å². The second-order valence-electron chi connectivity index (χ2n) is 3.16. The van der Waals surface area contributed by atoms with Crippen molar-refractivity contribution in [2.45, 2.75) is 0 Å². The molecule has 2 rings (SSSR count). The van der Waals surface area contributed by atoms with Crippen LogP contribution in [0.1, 0.15) is 0 Å². The van der Waals surface area contributed by atoms with Crippen LogP contribution in [0.15, 0.2) is 35.5 Å². The summed E-state index contributed by atoms with van der Waals surface area (Å²) in [6.45, 7) is 0. The lowest BCUT2D eigenvalue weighted by Crippen LogP contribution is -1.96. The highest BCUT2D eigenvalue weighted by Gasteiger charge is 2.15. The lowest BCUT2D eigenvalue weighted by molar-refractivity contribution is 0.782. The molecule has 5 heteroatoms. The Morgan fingerprint density at radius 1 is 1.33 bits per heavy atom. The quantitative estimate of drug-likeness (QED) is 0.757. The zero-order valence-electron chi connectivity index (χ0n) is 8.21. The van der Waals surface area contributed by atoms with E-state index in [1.165, 1.54) is 4.68 Å². The number of benzene rings is 1. The molecule has 15 heavy (non-hydrogen) atoms. The van der Waals surface area contributed by atoms with E-state index in [2.05, 4.69) is 10.3 Å². The van der Waals surface area contributed by atoms with E-state index in [0.29, 0.717) is 5.69 Å². The van der Waals surface area contributed by atoms with Gasteiger partial charge in [-0.3, -0.25) is 4.68 Å². The molecule has 1 aromatic heterocycles. The Balaban J connectivity index is 2.63. The van der Waals surface area contributed by atoms with Crippen molar-refractivity contribution in [2.75, 3.05) is 5.73 Å². The minimum absolute atomic E-state index is 0.198. The van der Waals surface area contributed by atoms with Crippen LogP contribution in [0.2, 0.25) is 0 Å². The second-order valence-corrected chi connectivity index (χ2v) is 3.16. The number of nitroso groups, excluding NO2 is 1. The third-order valence-electron chi connectivity index (χ3n) is 2.20. The fraction of sp³-hybridized carbons (Fsp3) is 0.100. The van der Waals surface area contributed by atoms with Crippen molar-refractivity contribution < 1.29 is 0 Å². The van der Waals surface area contributed by atoms with Gasteiger partial charge in [0.05, 0.1) is 0 Å². The maximum absolute atomic E-state index is 10.7. The van der Waals surface area contributed by atoms with Crippen LogP contribution in [0.3, 0.4) is 0 Å². The van der Waals surface area contributed by atoms with E-state index in [-0.39, 0.29) is 11.5 Å². The molecule has 0 bridgehead atoms. The Hall–Kier alpha value is -2.17. The van der Waals surface area contributed by atoms with Crippen molar-refractivity contribution in [3.05, 3.63) is 35.2 Å². The monoisotopic (exact) mass is 202 g/mol. The van der Waals surface area contributed by atoms with E-state index in [1.54, 1.807) is 7.05 Å². The van der Waals surface area contributed by atoms with Gasteiger partial charge in [-0.1, -0.05) is 30.3 Å². The Labute approximate surface area is 86.5 Å². The van der Waals surface area contributed by atoms with Gasteiger partial charge in [0.2, 0.25) is 0 Å². The Morgan fingerprint density at radius 2 is 2.00 bits per heavy atom. The van der Waals surface area contributed by atoms with E-state index in [4.69, 9.17) is 5.73 Å². The van der Waals surface area contributed by atoms with Crippen LogP contribution >= 0.6 is 0 Å². The van der Waals surface area contributed by atoms with Gasteiger partial charge >= 0.3 is 0 Å². The standard InChI is InChI=1S/C10H10N4O/c1-14-10(11)9(13-15)8(12-14)7-5-3-2-4-6-7/h2-6H,11H2,1H3. The SMILES string of the molecule is Cn1nc(-c2ccccc2)c(N=O)c1N. The van der Waals surface area contributed by atoms with Crippen molar-refractivity contribution in [1.29, 1.82) is 0 Å². The first kappa shape index (κ1) is 9.39. The molecule has 5 nitrogen and oxygen atoms in total. The van der Waals surface area contributed by atoms with Gasteiger partial charge in [0.25, 0.3) is 0 Å². The van der Waals surface area contributed by atoms with Crippen molar-refractivity contribution in [3.8, 4) is 11.3 Å². The van der Waals surface area contributed by atoms with Gasteiger partial charge in [-0.25, -0.2) is 0 Å². The first-order valence-corrected chi connectivity index (χ1v) is 4.45. The lowest BCUT2D eigenvalue weighted by Gasteiger charge is -1.94. The number of nitrogens with two attached hydrogens (primary N) is 1. The summed E-state index contributed by atoms with van der Waals surface area (Å²) in [7, 11) is 1.68. The van der Waals surface area contributed by atoms with Gasteiger partial charge in [-0.15, -0.1) is 4.91 Å². The molecule has 2 aromatic rings. The van der Waals surface area contributed by atoms with E-state index >= 15 is 0 Å². The number of anilines is 1. The number of hydrogen-bond donors (Lipinski definition) is 1. The topological polar surface area (TPSA) is 73.3 Å². The van der Waals surface area contributed by atoms with Gasteiger partial charge in [0, 0.05) is 12.6 Å². The largest absolute Gasteiger partial charge is 0.382 e. The predicted octanol–water partition coefficient (Wildman–Crippen LogP) is 2.07. The molecule has 0 saturated heterocycles. The molecule has 0 atom stereocenters. The Bertz CT molecular complexity index is 490. The molecule has 0 amide bonds. The summed E-state index contributed by atoms with van der Waals surface area (Å²) in [5.41, 5.74) is 7.21. The third kappa shape index (κ3) is 1.48. The molecular weight excluding hydrogens is 192 g/mol. The van der Waals surface area contributed by atoms with Crippen LogP contribution in [0, 0.1) is 4.91 Å². The highest BCUT2D eigenvalue weighted by molar-refractivity contribution is 5.79. The maximum Gasteiger partial charge on any atom is 0.177 e. The summed E-state index contributed by atoms with van der Waals surface area (Å²) in [5.74, 6) is 0.281. The van der Waals surface area contributed by atoms with Crippen molar-refractivity contribution in [3.63, 3.8) is 0 Å². The number of aryl methyl sites for hydroxylation is 1. The molecule has 1 aromatic carbocycles. The summed E-state index contributed by atoms with van der Waals surface area (Å²) in [6.07, 6.45) is 0. The molecule has 0 aliphatic rings.